The summed E-state index contributed by atoms with van der Waals surface area (Å²) in [5.41, 5.74) is 2.38. The van der Waals surface area contributed by atoms with Gasteiger partial charge in [0.25, 0.3) is 0 Å². The molecule has 4 nitrogen and oxygen atoms in total. The normalized spacial score (nSPS) is 17.5. The summed E-state index contributed by atoms with van der Waals surface area (Å²) in [7, 11) is 0. The highest BCUT2D eigenvalue weighted by molar-refractivity contribution is 5.83. The zero-order chi connectivity index (χ0) is 16.4. The van der Waals surface area contributed by atoms with Gasteiger partial charge in [-0.3, -0.25) is 9.78 Å². The zero-order valence-corrected chi connectivity index (χ0v) is 13.6. The van der Waals surface area contributed by atoms with E-state index in [1.54, 1.807) is 6.20 Å². The molecule has 1 saturated heterocycles. The highest BCUT2D eigenvalue weighted by Gasteiger charge is 2.26. The van der Waals surface area contributed by atoms with Crippen LogP contribution >= 0.6 is 0 Å². The highest BCUT2D eigenvalue weighted by Crippen LogP contribution is 2.22. The number of amides is 1. The Morgan fingerprint density at radius 1 is 1.17 bits per heavy atom. The van der Waals surface area contributed by atoms with E-state index in [1.165, 1.54) is 10.9 Å². The van der Waals surface area contributed by atoms with Crippen LogP contribution in [0.5, 0.6) is 0 Å². The Kier molecular flexibility index (Phi) is 4.03. The van der Waals surface area contributed by atoms with Gasteiger partial charge in [0.05, 0.1) is 0 Å². The van der Waals surface area contributed by atoms with Crippen LogP contribution in [0.15, 0.2) is 61.1 Å². The van der Waals surface area contributed by atoms with Crippen LogP contribution in [-0.4, -0.2) is 33.4 Å². The molecule has 3 aromatic rings. The molecule has 3 heterocycles. The van der Waals surface area contributed by atoms with E-state index >= 15 is 0 Å². The van der Waals surface area contributed by atoms with Crippen molar-refractivity contribution >= 4 is 16.8 Å². The number of benzene rings is 1. The number of fused-ring (bicyclic) bond motifs is 1. The number of carbonyl (C=O) groups excluding carboxylic acids is 1. The molecule has 122 valence electrons. The minimum Gasteiger partial charge on any atom is -0.341 e. The number of rotatable bonds is 4. The van der Waals surface area contributed by atoms with Crippen LogP contribution in [-0.2, 0) is 17.8 Å². The van der Waals surface area contributed by atoms with Crippen molar-refractivity contribution in [2.45, 2.75) is 19.4 Å². The second-order valence-corrected chi connectivity index (χ2v) is 6.56. The van der Waals surface area contributed by atoms with Crippen LogP contribution in [0.3, 0.4) is 0 Å². The molecular weight excluding hydrogens is 298 g/mol. The molecule has 1 unspecified atom stereocenters. The molecule has 2 aromatic heterocycles. The SMILES string of the molecule is O=C(Cn1ccc2ccccc21)N1CCC(Cc2cccnc2)C1. The summed E-state index contributed by atoms with van der Waals surface area (Å²) in [6, 6.07) is 14.3. The third-order valence-electron chi connectivity index (χ3n) is 4.87. The van der Waals surface area contributed by atoms with Gasteiger partial charge in [0, 0.05) is 37.2 Å². The van der Waals surface area contributed by atoms with E-state index in [0.29, 0.717) is 12.5 Å². The predicted octanol–water partition coefficient (Wildman–Crippen LogP) is 3.13. The molecule has 1 aliphatic heterocycles. The van der Waals surface area contributed by atoms with Crippen molar-refractivity contribution in [2.24, 2.45) is 5.92 Å². The Balaban J connectivity index is 1.39. The first-order valence-electron chi connectivity index (χ1n) is 8.50. The highest BCUT2D eigenvalue weighted by atomic mass is 16.2. The molecule has 0 spiro atoms. The molecule has 0 radical (unpaired) electrons. The molecule has 24 heavy (non-hydrogen) atoms. The first-order chi connectivity index (χ1) is 11.8. The number of pyridine rings is 1. The lowest BCUT2D eigenvalue weighted by atomic mass is 10.0. The average Bonchev–Trinajstić information content (AvgIpc) is 3.24. The minimum absolute atomic E-state index is 0.213. The maximum Gasteiger partial charge on any atom is 0.242 e. The quantitative estimate of drug-likeness (QED) is 0.741. The number of hydrogen-bond donors (Lipinski definition) is 0. The smallest absolute Gasteiger partial charge is 0.242 e. The topological polar surface area (TPSA) is 38.1 Å². The van der Waals surface area contributed by atoms with E-state index in [4.69, 9.17) is 0 Å². The van der Waals surface area contributed by atoms with Crippen molar-refractivity contribution in [3.63, 3.8) is 0 Å². The number of para-hydroxylation sites is 1. The predicted molar refractivity (Wildman–Crippen MR) is 94.6 cm³/mol. The maximum atomic E-state index is 12.6. The molecule has 0 aliphatic carbocycles. The van der Waals surface area contributed by atoms with E-state index in [-0.39, 0.29) is 5.91 Å². The average molecular weight is 319 g/mol. The lowest BCUT2D eigenvalue weighted by Gasteiger charge is -2.17. The Hall–Kier alpha value is -2.62. The maximum absolute atomic E-state index is 12.6. The van der Waals surface area contributed by atoms with Crippen molar-refractivity contribution in [2.75, 3.05) is 13.1 Å². The van der Waals surface area contributed by atoms with Gasteiger partial charge < -0.3 is 9.47 Å². The molecule has 1 aromatic carbocycles. The zero-order valence-electron chi connectivity index (χ0n) is 13.6. The summed E-state index contributed by atoms with van der Waals surface area (Å²) >= 11 is 0. The van der Waals surface area contributed by atoms with Crippen LogP contribution in [0.25, 0.3) is 10.9 Å². The van der Waals surface area contributed by atoms with Crippen molar-refractivity contribution < 1.29 is 4.79 Å². The van der Waals surface area contributed by atoms with Gasteiger partial charge in [0.15, 0.2) is 0 Å². The van der Waals surface area contributed by atoms with Crippen LogP contribution in [0.2, 0.25) is 0 Å². The molecule has 4 rings (SSSR count). The summed E-state index contributed by atoms with van der Waals surface area (Å²) in [5, 5.41) is 1.18. The molecule has 1 aliphatic rings. The summed E-state index contributed by atoms with van der Waals surface area (Å²) in [4.78, 5) is 18.8. The molecule has 1 fully saturated rings. The van der Waals surface area contributed by atoms with E-state index < -0.39 is 0 Å². The van der Waals surface area contributed by atoms with Crippen molar-refractivity contribution in [3.05, 3.63) is 66.6 Å². The second-order valence-electron chi connectivity index (χ2n) is 6.56. The van der Waals surface area contributed by atoms with E-state index in [1.807, 2.05) is 40.1 Å². The van der Waals surface area contributed by atoms with Crippen molar-refractivity contribution in [3.8, 4) is 0 Å². The lowest BCUT2D eigenvalue weighted by Crippen LogP contribution is -2.31. The van der Waals surface area contributed by atoms with Crippen LogP contribution < -0.4 is 0 Å². The summed E-state index contributed by atoms with van der Waals surface area (Å²) < 4.78 is 2.05. The number of aromatic nitrogens is 2. The Morgan fingerprint density at radius 3 is 2.96 bits per heavy atom. The third-order valence-corrected chi connectivity index (χ3v) is 4.87. The van der Waals surface area contributed by atoms with Gasteiger partial charge in [-0.25, -0.2) is 0 Å². The fraction of sp³-hybridized carbons (Fsp3) is 0.300. The van der Waals surface area contributed by atoms with E-state index in [9.17, 15) is 4.79 Å². The summed E-state index contributed by atoms with van der Waals surface area (Å²) in [5.74, 6) is 0.754. The molecule has 0 saturated carbocycles. The molecule has 1 atom stereocenters. The Labute approximate surface area is 141 Å². The standard InChI is InChI=1S/C20H21N3O/c24-20(15-22-11-8-18-5-1-2-6-19(18)22)23-10-7-17(14-23)12-16-4-3-9-21-13-16/h1-6,8-9,11,13,17H,7,10,12,14-15H2. The molecule has 1 amide bonds. The fourth-order valence-corrected chi connectivity index (χ4v) is 3.60. The molecule has 0 N–H and O–H groups in total. The first kappa shape index (κ1) is 14.9. The molecule has 4 heteroatoms. The number of hydrogen-bond acceptors (Lipinski definition) is 2. The first-order valence-corrected chi connectivity index (χ1v) is 8.50. The van der Waals surface area contributed by atoms with Gasteiger partial charge in [-0.15, -0.1) is 0 Å². The van der Waals surface area contributed by atoms with Gasteiger partial charge in [-0.05, 0) is 47.9 Å². The van der Waals surface area contributed by atoms with Crippen LogP contribution in [0.4, 0.5) is 0 Å². The van der Waals surface area contributed by atoms with Crippen molar-refractivity contribution in [1.29, 1.82) is 0 Å². The molecular formula is C20H21N3O. The van der Waals surface area contributed by atoms with Gasteiger partial charge in [-0.1, -0.05) is 24.3 Å². The van der Waals surface area contributed by atoms with Gasteiger partial charge in [-0.2, -0.15) is 0 Å². The monoisotopic (exact) mass is 319 g/mol. The fourth-order valence-electron chi connectivity index (χ4n) is 3.60. The minimum atomic E-state index is 0.213. The largest absolute Gasteiger partial charge is 0.341 e. The molecule has 0 bridgehead atoms. The number of carbonyl (C=O) groups is 1. The van der Waals surface area contributed by atoms with Gasteiger partial charge >= 0.3 is 0 Å². The van der Waals surface area contributed by atoms with Gasteiger partial charge in [0.1, 0.15) is 6.54 Å². The third kappa shape index (κ3) is 3.04. The summed E-state index contributed by atoms with van der Waals surface area (Å²) in [6.45, 7) is 2.14. The van der Waals surface area contributed by atoms with Crippen LogP contribution in [0, 0.1) is 5.92 Å². The van der Waals surface area contributed by atoms with Gasteiger partial charge in [0.2, 0.25) is 5.91 Å². The number of likely N-dealkylation sites (tertiary alicyclic amines) is 1. The number of nitrogens with zero attached hydrogens (tertiary/aromatic N) is 3. The van der Waals surface area contributed by atoms with Crippen molar-refractivity contribution in [1.82, 2.24) is 14.5 Å². The van der Waals surface area contributed by atoms with Crippen LogP contribution in [0.1, 0.15) is 12.0 Å². The summed E-state index contributed by atoms with van der Waals surface area (Å²) in [6.07, 6.45) is 7.81. The Bertz CT molecular complexity index is 840. The Morgan fingerprint density at radius 2 is 2.08 bits per heavy atom. The van der Waals surface area contributed by atoms with E-state index in [0.717, 1.165) is 31.4 Å². The van der Waals surface area contributed by atoms with E-state index in [2.05, 4.69) is 29.2 Å². The lowest BCUT2D eigenvalue weighted by molar-refractivity contribution is -0.130. The second kappa shape index (κ2) is 6.48.